The predicted molar refractivity (Wildman–Crippen MR) is 66.3 cm³/mol. The van der Waals surface area contributed by atoms with Crippen LogP contribution < -0.4 is 5.32 Å². The summed E-state index contributed by atoms with van der Waals surface area (Å²) < 4.78 is 31.0. The van der Waals surface area contributed by atoms with E-state index in [1.807, 2.05) is 6.07 Å². The quantitative estimate of drug-likeness (QED) is 0.919. The lowest BCUT2D eigenvalue weighted by atomic mass is 9.81. The van der Waals surface area contributed by atoms with Crippen molar-refractivity contribution in [2.75, 3.05) is 13.2 Å². The molecule has 0 radical (unpaired) electrons. The normalized spacial score (nSPS) is 17.2. The summed E-state index contributed by atoms with van der Waals surface area (Å²) in [5, 5.41) is 11.8. The van der Waals surface area contributed by atoms with Crippen molar-refractivity contribution in [3.8, 4) is 6.07 Å². The molecule has 6 heteroatoms. The minimum atomic E-state index is -1.09. The van der Waals surface area contributed by atoms with Gasteiger partial charge in [-0.1, -0.05) is 6.07 Å². The van der Waals surface area contributed by atoms with E-state index in [9.17, 15) is 18.8 Å². The summed E-state index contributed by atoms with van der Waals surface area (Å²) in [6, 6.07) is 5.47. The molecule has 1 saturated heterocycles. The van der Waals surface area contributed by atoms with Crippen molar-refractivity contribution < 1.29 is 18.3 Å². The first-order chi connectivity index (χ1) is 9.57. The summed E-state index contributed by atoms with van der Waals surface area (Å²) in [5.41, 5.74) is -0.644. The summed E-state index contributed by atoms with van der Waals surface area (Å²) >= 11 is 0. The maximum atomic E-state index is 13.0. The van der Waals surface area contributed by atoms with Crippen LogP contribution in [0.2, 0.25) is 0 Å². The van der Waals surface area contributed by atoms with Crippen molar-refractivity contribution in [1.29, 1.82) is 5.26 Å². The van der Waals surface area contributed by atoms with Gasteiger partial charge in [0.25, 0.3) is 0 Å². The number of benzene rings is 1. The van der Waals surface area contributed by atoms with Crippen LogP contribution in [0, 0.1) is 28.4 Å². The minimum absolute atomic E-state index is 0.0559. The van der Waals surface area contributed by atoms with E-state index in [2.05, 4.69) is 5.32 Å². The number of carbonyl (C=O) groups is 1. The van der Waals surface area contributed by atoms with Gasteiger partial charge in [0, 0.05) is 19.8 Å². The Bertz CT molecular complexity index is 549. The molecule has 1 amide bonds. The molecule has 1 fully saturated rings. The number of rotatable bonds is 3. The summed E-state index contributed by atoms with van der Waals surface area (Å²) in [4.78, 5) is 12.1. The highest BCUT2D eigenvalue weighted by atomic mass is 19.2. The average Bonchev–Trinajstić information content (AvgIpc) is 2.48. The molecule has 1 aromatic carbocycles. The molecular formula is C14H14F2N2O2. The number of ether oxygens (including phenoxy) is 1. The van der Waals surface area contributed by atoms with Crippen LogP contribution in [-0.2, 0) is 16.1 Å². The molecule has 1 aliphatic rings. The second-order valence-corrected chi connectivity index (χ2v) is 4.74. The van der Waals surface area contributed by atoms with Gasteiger partial charge in [-0.3, -0.25) is 4.79 Å². The van der Waals surface area contributed by atoms with Crippen LogP contribution in [0.4, 0.5) is 8.78 Å². The van der Waals surface area contributed by atoms with Crippen LogP contribution in [0.15, 0.2) is 18.2 Å². The molecule has 0 aliphatic carbocycles. The van der Waals surface area contributed by atoms with Crippen molar-refractivity contribution in [2.45, 2.75) is 19.4 Å². The Kier molecular flexibility index (Phi) is 4.30. The Morgan fingerprint density at radius 2 is 2.05 bits per heavy atom. The molecule has 0 saturated carbocycles. The third-order valence-corrected chi connectivity index (χ3v) is 3.43. The minimum Gasteiger partial charge on any atom is -0.381 e. The number of nitrogens with zero attached hydrogens (tertiary/aromatic N) is 1. The van der Waals surface area contributed by atoms with Crippen LogP contribution >= 0.6 is 0 Å². The van der Waals surface area contributed by atoms with E-state index >= 15 is 0 Å². The van der Waals surface area contributed by atoms with E-state index in [1.165, 1.54) is 6.07 Å². The molecule has 0 spiro atoms. The van der Waals surface area contributed by atoms with Crippen LogP contribution in [0.1, 0.15) is 18.4 Å². The van der Waals surface area contributed by atoms with E-state index in [0.29, 0.717) is 31.6 Å². The van der Waals surface area contributed by atoms with Gasteiger partial charge >= 0.3 is 0 Å². The van der Waals surface area contributed by atoms with Gasteiger partial charge < -0.3 is 10.1 Å². The van der Waals surface area contributed by atoms with Gasteiger partial charge in [-0.05, 0) is 30.5 Å². The van der Waals surface area contributed by atoms with Crippen molar-refractivity contribution in [2.24, 2.45) is 5.41 Å². The number of halogens is 2. The first-order valence-corrected chi connectivity index (χ1v) is 6.29. The van der Waals surface area contributed by atoms with Gasteiger partial charge in [0.15, 0.2) is 11.6 Å². The summed E-state index contributed by atoms with van der Waals surface area (Å²) in [6.07, 6.45) is 0.681. The molecule has 0 unspecified atom stereocenters. The van der Waals surface area contributed by atoms with Crippen molar-refractivity contribution in [1.82, 2.24) is 5.32 Å². The first-order valence-electron chi connectivity index (χ1n) is 6.29. The molecule has 4 nitrogen and oxygen atoms in total. The lowest BCUT2D eigenvalue weighted by Crippen LogP contribution is -2.43. The smallest absolute Gasteiger partial charge is 0.240 e. The van der Waals surface area contributed by atoms with Crippen LogP contribution in [0.3, 0.4) is 0 Å². The topological polar surface area (TPSA) is 62.1 Å². The molecule has 1 aromatic rings. The molecule has 0 atom stereocenters. The first kappa shape index (κ1) is 14.4. The highest BCUT2D eigenvalue weighted by Gasteiger charge is 2.40. The van der Waals surface area contributed by atoms with Crippen LogP contribution in [0.25, 0.3) is 0 Å². The maximum absolute atomic E-state index is 13.0. The van der Waals surface area contributed by atoms with Crippen LogP contribution in [-0.4, -0.2) is 19.1 Å². The molecule has 0 bridgehead atoms. The fourth-order valence-corrected chi connectivity index (χ4v) is 2.11. The molecule has 1 aliphatic heterocycles. The Morgan fingerprint density at radius 3 is 2.65 bits per heavy atom. The van der Waals surface area contributed by atoms with E-state index < -0.39 is 23.0 Å². The zero-order valence-electron chi connectivity index (χ0n) is 10.8. The molecule has 1 heterocycles. The number of nitrogens with one attached hydrogen (secondary N) is 1. The molecule has 20 heavy (non-hydrogen) atoms. The summed E-state index contributed by atoms with van der Waals surface area (Å²) in [7, 11) is 0. The predicted octanol–water partition coefficient (Wildman–Crippen LogP) is 1.90. The Balaban J connectivity index is 2.00. The van der Waals surface area contributed by atoms with Gasteiger partial charge in [0.2, 0.25) is 5.91 Å². The average molecular weight is 280 g/mol. The molecule has 106 valence electrons. The summed E-state index contributed by atoms with van der Waals surface area (Å²) in [5.74, 6) is -2.29. The van der Waals surface area contributed by atoms with Gasteiger partial charge in [-0.2, -0.15) is 5.26 Å². The molecular weight excluding hydrogens is 266 g/mol. The summed E-state index contributed by atoms with van der Waals surface area (Å²) in [6.45, 7) is 0.790. The number of hydrogen-bond donors (Lipinski definition) is 1. The Hall–Kier alpha value is -2.00. The molecule has 0 aromatic heterocycles. The number of carbonyl (C=O) groups excluding carboxylic acids is 1. The zero-order chi connectivity index (χ0) is 14.6. The highest BCUT2D eigenvalue weighted by molar-refractivity contribution is 5.85. The lowest BCUT2D eigenvalue weighted by Gasteiger charge is -2.29. The number of amides is 1. The Morgan fingerprint density at radius 1 is 1.35 bits per heavy atom. The van der Waals surface area contributed by atoms with E-state index in [1.54, 1.807) is 0 Å². The van der Waals surface area contributed by atoms with Crippen molar-refractivity contribution in [3.05, 3.63) is 35.4 Å². The van der Waals surface area contributed by atoms with Crippen LogP contribution in [0.5, 0.6) is 0 Å². The lowest BCUT2D eigenvalue weighted by molar-refractivity contribution is -0.132. The maximum Gasteiger partial charge on any atom is 0.240 e. The SMILES string of the molecule is N#CC1(C(=O)NCc2ccc(F)c(F)c2)CCOCC1. The van der Waals surface area contributed by atoms with E-state index in [-0.39, 0.29) is 6.54 Å². The largest absolute Gasteiger partial charge is 0.381 e. The third-order valence-electron chi connectivity index (χ3n) is 3.43. The van der Waals surface area contributed by atoms with E-state index in [4.69, 9.17) is 4.74 Å². The monoisotopic (exact) mass is 280 g/mol. The van der Waals surface area contributed by atoms with Gasteiger partial charge in [0.05, 0.1) is 6.07 Å². The van der Waals surface area contributed by atoms with Gasteiger partial charge in [0.1, 0.15) is 5.41 Å². The number of hydrogen-bond acceptors (Lipinski definition) is 3. The zero-order valence-corrected chi connectivity index (χ0v) is 10.8. The van der Waals surface area contributed by atoms with Crippen molar-refractivity contribution in [3.63, 3.8) is 0 Å². The van der Waals surface area contributed by atoms with Crippen molar-refractivity contribution >= 4 is 5.91 Å². The number of nitriles is 1. The second kappa shape index (κ2) is 5.97. The molecule has 1 N–H and O–H groups in total. The Labute approximate surface area is 115 Å². The fourth-order valence-electron chi connectivity index (χ4n) is 2.11. The van der Waals surface area contributed by atoms with Gasteiger partial charge in [-0.15, -0.1) is 0 Å². The highest BCUT2D eigenvalue weighted by Crippen LogP contribution is 2.29. The fraction of sp³-hybridized carbons (Fsp3) is 0.429. The van der Waals surface area contributed by atoms with E-state index in [0.717, 1.165) is 12.1 Å². The standard InChI is InChI=1S/C14H14F2N2O2/c15-11-2-1-10(7-12(11)16)8-18-13(19)14(9-17)3-5-20-6-4-14/h1-2,7H,3-6,8H2,(H,18,19). The molecule has 2 rings (SSSR count). The second-order valence-electron chi connectivity index (χ2n) is 4.74. The van der Waals surface area contributed by atoms with Gasteiger partial charge in [-0.25, -0.2) is 8.78 Å². The third kappa shape index (κ3) is 2.94.